The highest BCUT2D eigenvalue weighted by Crippen LogP contribution is 2.53. The lowest BCUT2D eigenvalue weighted by Gasteiger charge is -2.38. The van der Waals surface area contributed by atoms with Crippen LogP contribution in [0.3, 0.4) is 0 Å². The molecule has 1 heterocycles. The highest BCUT2D eigenvalue weighted by Gasteiger charge is 2.60. The van der Waals surface area contributed by atoms with E-state index >= 15 is 0 Å². The number of halogens is 2. The van der Waals surface area contributed by atoms with Crippen molar-refractivity contribution in [3.63, 3.8) is 0 Å². The number of methoxy groups -OCH3 is 1. The molecule has 2 aromatic rings. The SMILES string of the molecule is COc1cc(Cl)ccc1[C@@]1(C#N)[C@H](CC(C)(C)C)N[C@H](C(=O)NCCCCO)[C@@H]1c1cccc(Cl)c1. The molecular formula is C28H35Cl2N3O3. The first kappa shape index (κ1) is 28.3. The van der Waals surface area contributed by atoms with Gasteiger partial charge in [-0.1, -0.05) is 62.2 Å². The van der Waals surface area contributed by atoms with Crippen molar-refractivity contribution in [2.75, 3.05) is 20.3 Å². The van der Waals surface area contributed by atoms with Crippen LogP contribution >= 0.6 is 23.2 Å². The van der Waals surface area contributed by atoms with Gasteiger partial charge in [0.15, 0.2) is 0 Å². The van der Waals surface area contributed by atoms with Gasteiger partial charge in [-0.2, -0.15) is 5.26 Å². The summed E-state index contributed by atoms with van der Waals surface area (Å²) in [6, 6.07) is 14.3. The first-order valence-corrected chi connectivity index (χ1v) is 13.0. The zero-order chi connectivity index (χ0) is 26.5. The van der Waals surface area contributed by atoms with Crippen LogP contribution in [0.25, 0.3) is 0 Å². The van der Waals surface area contributed by atoms with Crippen LogP contribution in [-0.4, -0.2) is 43.4 Å². The highest BCUT2D eigenvalue weighted by molar-refractivity contribution is 6.31. The largest absolute Gasteiger partial charge is 0.496 e. The first-order chi connectivity index (χ1) is 17.1. The number of aliphatic hydroxyl groups is 1. The summed E-state index contributed by atoms with van der Waals surface area (Å²) in [5.41, 5.74) is 0.186. The minimum Gasteiger partial charge on any atom is -0.496 e. The Morgan fingerprint density at radius 3 is 2.53 bits per heavy atom. The number of nitriles is 1. The molecule has 3 rings (SSSR count). The number of hydrogen-bond donors (Lipinski definition) is 3. The number of nitrogens with one attached hydrogen (secondary N) is 2. The second kappa shape index (κ2) is 11.8. The van der Waals surface area contributed by atoms with E-state index in [-0.39, 0.29) is 24.0 Å². The molecule has 0 radical (unpaired) electrons. The van der Waals surface area contributed by atoms with Crippen LogP contribution in [0.4, 0.5) is 0 Å². The maximum absolute atomic E-state index is 13.6. The molecule has 2 aromatic carbocycles. The number of carbonyl (C=O) groups excluding carboxylic acids is 1. The van der Waals surface area contributed by atoms with Crippen LogP contribution in [-0.2, 0) is 10.2 Å². The lowest BCUT2D eigenvalue weighted by atomic mass is 9.62. The molecular weight excluding hydrogens is 497 g/mol. The Kier molecular flexibility index (Phi) is 9.29. The second-order valence-corrected chi connectivity index (χ2v) is 11.4. The number of rotatable bonds is 9. The first-order valence-electron chi connectivity index (χ1n) is 12.2. The Morgan fingerprint density at radius 1 is 1.19 bits per heavy atom. The average Bonchev–Trinajstić information content (AvgIpc) is 3.14. The standard InChI is InChI=1S/C28H35Cl2N3O3/c1-27(2,3)16-23-28(17-31,21-11-10-20(30)15-22(21)36-4)24(18-8-7-9-19(29)14-18)25(33-23)26(35)32-12-5-6-13-34/h7-11,14-15,23-25,33-34H,5-6,12-13,16H2,1-4H3,(H,32,35)/t23-,24-,25-,28-/m0/s1. The topological polar surface area (TPSA) is 94.4 Å². The van der Waals surface area contributed by atoms with Crippen LogP contribution in [0.2, 0.25) is 10.0 Å². The van der Waals surface area contributed by atoms with E-state index in [1.54, 1.807) is 25.3 Å². The summed E-state index contributed by atoms with van der Waals surface area (Å²) in [4.78, 5) is 13.6. The molecule has 1 aliphatic heterocycles. The van der Waals surface area contributed by atoms with E-state index in [4.69, 9.17) is 33.0 Å². The van der Waals surface area contributed by atoms with Crippen LogP contribution in [0.5, 0.6) is 5.75 Å². The number of nitrogens with zero attached hydrogens (tertiary/aromatic N) is 1. The summed E-state index contributed by atoms with van der Waals surface area (Å²) in [6.07, 6.45) is 1.90. The summed E-state index contributed by atoms with van der Waals surface area (Å²) >= 11 is 12.7. The van der Waals surface area contributed by atoms with Gasteiger partial charge in [0.1, 0.15) is 11.2 Å². The van der Waals surface area contributed by atoms with Crippen molar-refractivity contribution in [2.24, 2.45) is 5.41 Å². The van der Waals surface area contributed by atoms with Gasteiger partial charge in [0.25, 0.3) is 0 Å². The summed E-state index contributed by atoms with van der Waals surface area (Å²) in [5, 5.41) is 27.7. The molecule has 0 unspecified atom stereocenters. The number of carbonyl (C=O) groups is 1. The molecule has 1 saturated heterocycles. The van der Waals surface area contributed by atoms with Gasteiger partial charge in [0.05, 0.1) is 19.2 Å². The number of benzene rings is 2. The summed E-state index contributed by atoms with van der Waals surface area (Å²) in [7, 11) is 1.56. The summed E-state index contributed by atoms with van der Waals surface area (Å²) in [5.74, 6) is -0.246. The van der Waals surface area contributed by atoms with Gasteiger partial charge in [-0.25, -0.2) is 0 Å². The van der Waals surface area contributed by atoms with Gasteiger partial charge in [-0.15, -0.1) is 0 Å². The minimum atomic E-state index is -1.15. The Morgan fingerprint density at radius 2 is 1.92 bits per heavy atom. The number of amides is 1. The maximum atomic E-state index is 13.6. The monoisotopic (exact) mass is 531 g/mol. The molecule has 0 aromatic heterocycles. The Bertz CT molecular complexity index is 1110. The molecule has 1 aliphatic rings. The fourth-order valence-electron chi connectivity index (χ4n) is 5.27. The molecule has 0 bridgehead atoms. The average molecular weight is 533 g/mol. The number of aliphatic hydroxyl groups excluding tert-OH is 1. The molecule has 1 fully saturated rings. The predicted molar refractivity (Wildman–Crippen MR) is 144 cm³/mol. The Labute approximate surface area is 223 Å². The van der Waals surface area contributed by atoms with Gasteiger partial charge >= 0.3 is 0 Å². The fraction of sp³-hybridized carbons (Fsp3) is 0.500. The second-order valence-electron chi connectivity index (χ2n) is 10.5. The molecule has 0 spiro atoms. The number of unbranched alkanes of at least 4 members (excludes halogenated alkanes) is 1. The van der Waals surface area contributed by atoms with Gasteiger partial charge in [0.2, 0.25) is 5.91 Å². The van der Waals surface area contributed by atoms with Crippen LogP contribution < -0.4 is 15.4 Å². The van der Waals surface area contributed by atoms with Gasteiger partial charge in [0, 0.05) is 40.7 Å². The third-order valence-corrected chi connectivity index (χ3v) is 7.21. The molecule has 3 N–H and O–H groups in total. The minimum absolute atomic E-state index is 0.0737. The van der Waals surface area contributed by atoms with Crippen molar-refractivity contribution in [3.05, 3.63) is 63.6 Å². The number of hydrogen-bond acceptors (Lipinski definition) is 5. The molecule has 4 atom stereocenters. The third kappa shape index (κ3) is 5.98. The van der Waals surface area contributed by atoms with Gasteiger partial charge in [-0.3, -0.25) is 4.79 Å². The lowest BCUT2D eigenvalue weighted by Crippen LogP contribution is -2.45. The summed E-state index contributed by atoms with van der Waals surface area (Å²) < 4.78 is 5.73. The van der Waals surface area contributed by atoms with E-state index in [9.17, 15) is 10.1 Å². The van der Waals surface area contributed by atoms with Crippen molar-refractivity contribution in [2.45, 2.75) is 63.5 Å². The third-order valence-electron chi connectivity index (χ3n) is 6.74. The maximum Gasteiger partial charge on any atom is 0.237 e. The lowest BCUT2D eigenvalue weighted by molar-refractivity contribution is -0.123. The van der Waals surface area contributed by atoms with E-state index in [0.717, 1.165) is 5.56 Å². The zero-order valence-corrected chi connectivity index (χ0v) is 22.8. The van der Waals surface area contributed by atoms with Gasteiger partial charge in [-0.05, 0) is 54.5 Å². The van der Waals surface area contributed by atoms with Crippen molar-refractivity contribution >= 4 is 29.1 Å². The van der Waals surface area contributed by atoms with Crippen LogP contribution in [0.1, 0.15) is 57.1 Å². The molecule has 6 nitrogen and oxygen atoms in total. The van der Waals surface area contributed by atoms with E-state index in [1.807, 2.05) is 24.3 Å². The smallest absolute Gasteiger partial charge is 0.237 e. The van der Waals surface area contributed by atoms with Crippen molar-refractivity contribution in [3.8, 4) is 11.8 Å². The molecule has 0 saturated carbocycles. The van der Waals surface area contributed by atoms with Crippen molar-refractivity contribution < 1.29 is 14.6 Å². The Hall–Kier alpha value is -2.30. The molecule has 36 heavy (non-hydrogen) atoms. The van der Waals surface area contributed by atoms with Crippen molar-refractivity contribution in [1.82, 2.24) is 10.6 Å². The highest BCUT2D eigenvalue weighted by atomic mass is 35.5. The van der Waals surface area contributed by atoms with E-state index in [1.165, 1.54) is 0 Å². The van der Waals surface area contributed by atoms with E-state index in [0.29, 0.717) is 47.2 Å². The normalized spacial score (nSPS) is 23.8. The number of ether oxygens (including phenoxy) is 1. The zero-order valence-electron chi connectivity index (χ0n) is 21.3. The van der Waals surface area contributed by atoms with Crippen molar-refractivity contribution in [1.29, 1.82) is 5.26 Å². The van der Waals surface area contributed by atoms with Crippen LogP contribution in [0, 0.1) is 16.7 Å². The predicted octanol–water partition coefficient (Wildman–Crippen LogP) is 5.21. The van der Waals surface area contributed by atoms with Gasteiger partial charge < -0.3 is 20.5 Å². The quantitative estimate of drug-likeness (QED) is 0.386. The fourth-order valence-corrected chi connectivity index (χ4v) is 5.63. The molecule has 194 valence electrons. The van der Waals surface area contributed by atoms with Crippen LogP contribution in [0.15, 0.2) is 42.5 Å². The van der Waals surface area contributed by atoms with E-state index in [2.05, 4.69) is 37.5 Å². The summed E-state index contributed by atoms with van der Waals surface area (Å²) in [6.45, 7) is 6.86. The molecule has 0 aliphatic carbocycles. The Balaban J connectivity index is 2.24. The van der Waals surface area contributed by atoms with E-state index < -0.39 is 17.4 Å². The molecule has 1 amide bonds. The molecule has 8 heteroatoms.